The molecule has 0 saturated carbocycles. The second kappa shape index (κ2) is 7.07. The van der Waals surface area contributed by atoms with Gasteiger partial charge in [-0.05, 0) is 19.9 Å². The maximum atomic E-state index is 11.9. The van der Waals surface area contributed by atoms with Crippen LogP contribution in [-0.2, 0) is 11.2 Å². The van der Waals surface area contributed by atoms with Crippen LogP contribution in [0.5, 0.6) is 0 Å². The van der Waals surface area contributed by atoms with E-state index in [9.17, 15) is 4.79 Å². The summed E-state index contributed by atoms with van der Waals surface area (Å²) in [4.78, 5) is 16.1. The van der Waals surface area contributed by atoms with Gasteiger partial charge >= 0.3 is 0 Å². The first-order valence-corrected chi connectivity index (χ1v) is 7.91. The van der Waals surface area contributed by atoms with Crippen molar-refractivity contribution in [1.29, 1.82) is 0 Å². The number of carbonyl (C=O) groups is 1. The van der Waals surface area contributed by atoms with E-state index in [4.69, 9.17) is 10.2 Å². The van der Waals surface area contributed by atoms with Gasteiger partial charge in [-0.25, -0.2) is 4.98 Å². The van der Waals surface area contributed by atoms with Gasteiger partial charge in [-0.1, -0.05) is 34.1 Å². The molecule has 3 N–H and O–H groups in total. The fourth-order valence-electron chi connectivity index (χ4n) is 1.92. The average molecular weight is 366 g/mol. The molecule has 0 bridgehead atoms. The zero-order valence-corrected chi connectivity index (χ0v) is 14.3. The summed E-state index contributed by atoms with van der Waals surface area (Å²) < 4.78 is 6.66. The molecule has 0 atom stereocenters. The molecule has 0 fully saturated rings. The Kier molecular flexibility index (Phi) is 5.37. The zero-order valence-electron chi connectivity index (χ0n) is 12.7. The molecule has 6 heteroatoms. The lowest BCUT2D eigenvalue weighted by Crippen LogP contribution is -2.48. The van der Waals surface area contributed by atoms with Gasteiger partial charge in [0.1, 0.15) is 0 Å². The highest BCUT2D eigenvalue weighted by atomic mass is 79.9. The third-order valence-electron chi connectivity index (χ3n) is 3.25. The third-order valence-corrected chi connectivity index (χ3v) is 3.94. The molecule has 1 amide bonds. The van der Waals surface area contributed by atoms with E-state index in [1.54, 1.807) is 6.20 Å². The summed E-state index contributed by atoms with van der Waals surface area (Å²) in [5, 5.41) is 2.88. The first kappa shape index (κ1) is 16.7. The van der Waals surface area contributed by atoms with Crippen molar-refractivity contribution in [1.82, 2.24) is 10.3 Å². The van der Waals surface area contributed by atoms with Gasteiger partial charge in [-0.15, -0.1) is 0 Å². The molecule has 22 heavy (non-hydrogen) atoms. The van der Waals surface area contributed by atoms with Crippen LogP contribution < -0.4 is 11.1 Å². The van der Waals surface area contributed by atoms with Gasteiger partial charge in [-0.3, -0.25) is 4.79 Å². The van der Waals surface area contributed by atoms with Gasteiger partial charge in [0.15, 0.2) is 11.7 Å². The molecule has 0 radical (unpaired) electrons. The monoisotopic (exact) mass is 365 g/mol. The highest BCUT2D eigenvalue weighted by Gasteiger charge is 2.18. The van der Waals surface area contributed by atoms with E-state index in [-0.39, 0.29) is 5.91 Å². The van der Waals surface area contributed by atoms with E-state index < -0.39 is 5.54 Å². The summed E-state index contributed by atoms with van der Waals surface area (Å²) in [6.45, 7) is 4.17. The van der Waals surface area contributed by atoms with Gasteiger partial charge in [0.05, 0.1) is 6.20 Å². The molecule has 118 valence electrons. The summed E-state index contributed by atoms with van der Waals surface area (Å²) in [6, 6.07) is 7.77. The maximum Gasteiger partial charge on any atom is 0.220 e. The van der Waals surface area contributed by atoms with Crippen LogP contribution in [0.25, 0.3) is 11.3 Å². The number of halogens is 1. The molecule has 2 rings (SSSR count). The molecule has 1 aromatic heterocycles. The van der Waals surface area contributed by atoms with Crippen LogP contribution in [0.1, 0.15) is 26.2 Å². The lowest BCUT2D eigenvalue weighted by molar-refractivity contribution is -0.122. The van der Waals surface area contributed by atoms with E-state index >= 15 is 0 Å². The second-order valence-electron chi connectivity index (χ2n) is 5.73. The third kappa shape index (κ3) is 4.42. The van der Waals surface area contributed by atoms with E-state index in [2.05, 4.69) is 26.2 Å². The number of nitrogens with zero attached hydrogens (tertiary/aromatic N) is 1. The van der Waals surface area contributed by atoms with E-state index in [0.29, 0.717) is 31.0 Å². The van der Waals surface area contributed by atoms with E-state index in [0.717, 1.165) is 10.0 Å². The van der Waals surface area contributed by atoms with Crippen LogP contribution in [-0.4, -0.2) is 23.0 Å². The van der Waals surface area contributed by atoms with Gasteiger partial charge in [0.2, 0.25) is 5.91 Å². The van der Waals surface area contributed by atoms with Crippen molar-refractivity contribution in [2.45, 2.75) is 32.2 Å². The fraction of sp³-hybridized carbons (Fsp3) is 0.375. The van der Waals surface area contributed by atoms with Crippen LogP contribution >= 0.6 is 15.9 Å². The van der Waals surface area contributed by atoms with Crippen molar-refractivity contribution in [2.24, 2.45) is 5.73 Å². The normalized spacial score (nSPS) is 11.5. The molecule has 2 aromatic rings. The molecule has 0 unspecified atom stereocenters. The van der Waals surface area contributed by atoms with Crippen molar-refractivity contribution in [3.63, 3.8) is 0 Å². The number of hydrogen-bond donors (Lipinski definition) is 2. The minimum absolute atomic E-state index is 0.0592. The van der Waals surface area contributed by atoms with Gasteiger partial charge in [0, 0.05) is 35.0 Å². The number of rotatable bonds is 6. The summed E-state index contributed by atoms with van der Waals surface area (Å²) in [5.41, 5.74) is 6.14. The van der Waals surface area contributed by atoms with Crippen molar-refractivity contribution in [3.05, 3.63) is 40.8 Å². The van der Waals surface area contributed by atoms with Crippen molar-refractivity contribution >= 4 is 21.8 Å². The Balaban J connectivity index is 1.96. The molecule has 1 aromatic carbocycles. The Morgan fingerprint density at radius 2 is 2.14 bits per heavy atom. The Morgan fingerprint density at radius 3 is 2.82 bits per heavy atom. The van der Waals surface area contributed by atoms with E-state index in [1.165, 1.54) is 0 Å². The van der Waals surface area contributed by atoms with Crippen LogP contribution in [0.15, 0.2) is 39.4 Å². The standard InChI is InChI=1S/C16H20BrN3O2/c1-16(2,10-18)20-14(21)7-8-15-19-9-13(22-15)11-5-3-4-6-12(11)17/h3-6,9H,7-8,10,18H2,1-2H3,(H,20,21). The van der Waals surface area contributed by atoms with Crippen LogP contribution in [0.3, 0.4) is 0 Å². The molecule has 5 nitrogen and oxygen atoms in total. The Bertz CT molecular complexity index is 652. The van der Waals surface area contributed by atoms with Gasteiger partial charge < -0.3 is 15.5 Å². The maximum absolute atomic E-state index is 11.9. The fourth-order valence-corrected chi connectivity index (χ4v) is 2.40. The van der Waals surface area contributed by atoms with Crippen LogP contribution in [0, 0.1) is 0 Å². The van der Waals surface area contributed by atoms with Crippen molar-refractivity contribution in [3.8, 4) is 11.3 Å². The Labute approximate surface area is 138 Å². The Hall–Kier alpha value is -1.66. The van der Waals surface area contributed by atoms with Gasteiger partial charge in [-0.2, -0.15) is 0 Å². The number of oxazole rings is 1. The highest BCUT2D eigenvalue weighted by molar-refractivity contribution is 9.10. The predicted molar refractivity (Wildman–Crippen MR) is 89.2 cm³/mol. The van der Waals surface area contributed by atoms with Crippen LogP contribution in [0.2, 0.25) is 0 Å². The summed E-state index contributed by atoms with van der Waals surface area (Å²) in [7, 11) is 0. The number of hydrogen-bond acceptors (Lipinski definition) is 4. The highest BCUT2D eigenvalue weighted by Crippen LogP contribution is 2.28. The van der Waals surface area contributed by atoms with Crippen LogP contribution in [0.4, 0.5) is 0 Å². The largest absolute Gasteiger partial charge is 0.441 e. The summed E-state index contributed by atoms with van der Waals surface area (Å²) in [5.74, 6) is 1.17. The molecule has 0 aliphatic carbocycles. The number of nitrogens with one attached hydrogen (secondary N) is 1. The zero-order chi connectivity index (χ0) is 16.2. The van der Waals surface area contributed by atoms with Gasteiger partial charge in [0.25, 0.3) is 0 Å². The minimum Gasteiger partial charge on any atom is -0.441 e. The minimum atomic E-state index is -0.395. The molecular weight excluding hydrogens is 346 g/mol. The number of benzene rings is 1. The number of amides is 1. The SMILES string of the molecule is CC(C)(CN)NC(=O)CCc1ncc(-c2ccccc2Br)o1. The number of aromatic nitrogens is 1. The molecule has 0 aliphatic heterocycles. The molecule has 1 heterocycles. The van der Waals surface area contributed by atoms with E-state index in [1.807, 2.05) is 38.1 Å². The first-order chi connectivity index (χ1) is 10.4. The van der Waals surface area contributed by atoms with Crippen molar-refractivity contribution < 1.29 is 9.21 Å². The molecule has 0 aliphatic rings. The van der Waals surface area contributed by atoms with Crippen molar-refractivity contribution in [2.75, 3.05) is 6.54 Å². The smallest absolute Gasteiger partial charge is 0.220 e. The summed E-state index contributed by atoms with van der Waals surface area (Å²) in [6.07, 6.45) is 2.45. The lowest BCUT2D eigenvalue weighted by atomic mass is 10.1. The molecule has 0 spiro atoms. The summed E-state index contributed by atoms with van der Waals surface area (Å²) >= 11 is 3.48. The second-order valence-corrected chi connectivity index (χ2v) is 6.59. The number of carbonyl (C=O) groups excluding carboxylic acids is 1. The quantitative estimate of drug-likeness (QED) is 0.824. The predicted octanol–water partition coefficient (Wildman–Crippen LogP) is 2.89. The number of nitrogens with two attached hydrogens (primary N) is 1. The number of aryl methyl sites for hydroxylation is 1. The lowest BCUT2D eigenvalue weighted by Gasteiger charge is -2.23. The topological polar surface area (TPSA) is 81.1 Å². The molecule has 0 saturated heterocycles. The average Bonchev–Trinajstić information content (AvgIpc) is 2.94. The Morgan fingerprint density at radius 1 is 1.41 bits per heavy atom. The first-order valence-electron chi connectivity index (χ1n) is 7.12. The molecular formula is C16H20BrN3O2.